The fourth-order valence-electron chi connectivity index (χ4n) is 3.63. The maximum atomic E-state index is 13.6. The molecule has 0 heterocycles. The summed E-state index contributed by atoms with van der Waals surface area (Å²) in [7, 11) is 0. The lowest BCUT2D eigenvalue weighted by atomic mass is 9.89. The van der Waals surface area contributed by atoms with Crippen molar-refractivity contribution in [2.24, 2.45) is 17.8 Å². The van der Waals surface area contributed by atoms with E-state index >= 15 is 0 Å². The van der Waals surface area contributed by atoms with E-state index in [-0.39, 0.29) is 11.5 Å². The molecule has 0 aromatic heterocycles. The first kappa shape index (κ1) is 13.0. The zero-order valence-corrected chi connectivity index (χ0v) is 11.6. The van der Waals surface area contributed by atoms with Crippen molar-refractivity contribution in [1.29, 1.82) is 0 Å². The van der Waals surface area contributed by atoms with E-state index in [4.69, 9.17) is 0 Å². The Labute approximate surface area is 118 Å². The third kappa shape index (κ3) is 2.64. The van der Waals surface area contributed by atoms with Crippen LogP contribution in [0.1, 0.15) is 36.0 Å². The molecule has 0 radical (unpaired) electrons. The second kappa shape index (κ2) is 5.16. The van der Waals surface area contributed by atoms with Crippen LogP contribution in [0, 0.1) is 23.6 Å². The second-order valence-electron chi connectivity index (χ2n) is 5.81. The van der Waals surface area contributed by atoms with Gasteiger partial charge in [-0.25, -0.2) is 4.39 Å². The number of benzene rings is 1. The van der Waals surface area contributed by atoms with E-state index < -0.39 is 5.82 Å². The maximum Gasteiger partial charge on any atom is 0.254 e. The number of halogens is 1. The fourth-order valence-corrected chi connectivity index (χ4v) is 3.84. The highest BCUT2D eigenvalue weighted by molar-refractivity contribution is 7.80. The Hall–Kier alpha value is -1.03. The average molecular weight is 279 g/mol. The summed E-state index contributed by atoms with van der Waals surface area (Å²) in [5.74, 6) is 1.42. The largest absolute Gasteiger partial charge is 0.352 e. The topological polar surface area (TPSA) is 29.1 Å². The number of thiol groups is 1. The van der Waals surface area contributed by atoms with Gasteiger partial charge in [0.15, 0.2) is 0 Å². The van der Waals surface area contributed by atoms with Crippen molar-refractivity contribution in [3.8, 4) is 0 Å². The molecule has 1 aromatic carbocycles. The van der Waals surface area contributed by atoms with E-state index in [9.17, 15) is 9.18 Å². The summed E-state index contributed by atoms with van der Waals surface area (Å²) in [6, 6.07) is 4.31. The molecule has 102 valence electrons. The van der Waals surface area contributed by atoms with Crippen LogP contribution in [0.3, 0.4) is 0 Å². The predicted octanol–water partition coefficient (Wildman–Crippen LogP) is 3.28. The number of rotatable bonds is 3. The zero-order chi connectivity index (χ0) is 13.4. The van der Waals surface area contributed by atoms with Crippen molar-refractivity contribution >= 4 is 18.5 Å². The van der Waals surface area contributed by atoms with Crippen molar-refractivity contribution in [1.82, 2.24) is 5.32 Å². The monoisotopic (exact) mass is 279 g/mol. The number of amides is 1. The molecule has 0 spiro atoms. The van der Waals surface area contributed by atoms with Crippen LogP contribution in [0.2, 0.25) is 0 Å². The van der Waals surface area contributed by atoms with Gasteiger partial charge in [-0.15, -0.1) is 12.6 Å². The lowest BCUT2D eigenvalue weighted by Gasteiger charge is -2.21. The summed E-state index contributed by atoms with van der Waals surface area (Å²) in [5, 5.41) is 2.88. The standard InChI is InChI=1S/C15H18FNOS/c16-14-4-3-12(19)7-13(14)15(18)17-8-11-6-9-1-2-10(11)5-9/h3-4,7,9-11,19H,1-2,5-6,8H2,(H,17,18). The molecule has 19 heavy (non-hydrogen) atoms. The Kier molecular flexibility index (Phi) is 3.52. The summed E-state index contributed by atoms with van der Waals surface area (Å²) in [5.41, 5.74) is 0.0932. The molecule has 0 saturated heterocycles. The zero-order valence-electron chi connectivity index (χ0n) is 10.7. The number of hydrogen-bond acceptors (Lipinski definition) is 2. The number of carbonyl (C=O) groups is 1. The third-order valence-electron chi connectivity index (χ3n) is 4.60. The van der Waals surface area contributed by atoms with Crippen molar-refractivity contribution in [2.75, 3.05) is 6.54 Å². The molecule has 4 heteroatoms. The average Bonchev–Trinajstić information content (AvgIpc) is 3.01. The molecule has 2 saturated carbocycles. The minimum atomic E-state index is -0.483. The fraction of sp³-hybridized carbons (Fsp3) is 0.533. The van der Waals surface area contributed by atoms with Crippen LogP contribution in [0.15, 0.2) is 23.1 Å². The normalized spacial score (nSPS) is 28.6. The molecule has 1 N–H and O–H groups in total. The molecule has 2 nitrogen and oxygen atoms in total. The van der Waals surface area contributed by atoms with Gasteiger partial charge in [0.05, 0.1) is 5.56 Å². The van der Waals surface area contributed by atoms with Crippen molar-refractivity contribution in [2.45, 2.75) is 30.6 Å². The van der Waals surface area contributed by atoms with Gasteiger partial charge in [-0.3, -0.25) is 4.79 Å². The van der Waals surface area contributed by atoms with Gasteiger partial charge in [-0.05, 0) is 55.2 Å². The Morgan fingerprint density at radius 2 is 2.21 bits per heavy atom. The highest BCUT2D eigenvalue weighted by atomic mass is 32.1. The highest BCUT2D eigenvalue weighted by Crippen LogP contribution is 2.47. The Balaban J connectivity index is 1.61. The quantitative estimate of drug-likeness (QED) is 0.817. The molecule has 2 aliphatic carbocycles. The number of carbonyl (C=O) groups excluding carboxylic acids is 1. The highest BCUT2D eigenvalue weighted by Gasteiger charge is 2.39. The van der Waals surface area contributed by atoms with Crippen LogP contribution >= 0.6 is 12.6 Å². The lowest BCUT2D eigenvalue weighted by Crippen LogP contribution is -2.32. The van der Waals surface area contributed by atoms with E-state index in [1.165, 1.54) is 37.8 Å². The van der Waals surface area contributed by atoms with Gasteiger partial charge in [0, 0.05) is 11.4 Å². The number of nitrogens with one attached hydrogen (secondary N) is 1. The summed E-state index contributed by atoms with van der Waals surface area (Å²) in [6.07, 6.45) is 5.19. The SMILES string of the molecule is O=C(NCC1CC2CCC1C2)c1cc(S)ccc1F. The van der Waals surface area contributed by atoms with E-state index in [1.807, 2.05) is 0 Å². The molecule has 1 aromatic rings. The predicted molar refractivity (Wildman–Crippen MR) is 74.9 cm³/mol. The smallest absolute Gasteiger partial charge is 0.254 e. The molecule has 3 rings (SSSR count). The van der Waals surface area contributed by atoms with Crippen LogP contribution in [0.4, 0.5) is 4.39 Å². The first-order chi connectivity index (χ1) is 9.13. The Morgan fingerprint density at radius 3 is 2.89 bits per heavy atom. The Morgan fingerprint density at radius 1 is 1.37 bits per heavy atom. The molecule has 3 atom stereocenters. The molecule has 1 amide bonds. The third-order valence-corrected chi connectivity index (χ3v) is 4.88. The van der Waals surface area contributed by atoms with E-state index in [2.05, 4.69) is 17.9 Å². The maximum absolute atomic E-state index is 13.6. The van der Waals surface area contributed by atoms with Gasteiger partial charge < -0.3 is 5.32 Å². The summed E-state index contributed by atoms with van der Waals surface area (Å²) in [4.78, 5) is 12.6. The molecule has 2 fully saturated rings. The van der Waals surface area contributed by atoms with Crippen LogP contribution in [0.25, 0.3) is 0 Å². The van der Waals surface area contributed by atoms with E-state index in [0.717, 1.165) is 11.8 Å². The second-order valence-corrected chi connectivity index (χ2v) is 6.33. The van der Waals surface area contributed by atoms with Gasteiger partial charge in [-0.1, -0.05) is 6.42 Å². The van der Waals surface area contributed by atoms with Gasteiger partial charge >= 0.3 is 0 Å². The van der Waals surface area contributed by atoms with Gasteiger partial charge in [0.25, 0.3) is 5.91 Å². The first-order valence-electron chi connectivity index (χ1n) is 6.90. The van der Waals surface area contributed by atoms with Crippen LogP contribution in [-0.4, -0.2) is 12.5 Å². The molecule has 3 unspecified atom stereocenters. The number of fused-ring (bicyclic) bond motifs is 2. The minimum absolute atomic E-state index is 0.0932. The van der Waals surface area contributed by atoms with Crippen molar-refractivity contribution in [3.63, 3.8) is 0 Å². The van der Waals surface area contributed by atoms with Gasteiger partial charge in [0.2, 0.25) is 0 Å². The Bertz CT molecular complexity index is 505. The number of hydrogen-bond donors (Lipinski definition) is 2. The van der Waals surface area contributed by atoms with E-state index in [1.54, 1.807) is 6.07 Å². The van der Waals surface area contributed by atoms with E-state index in [0.29, 0.717) is 17.4 Å². The van der Waals surface area contributed by atoms with Crippen molar-refractivity contribution in [3.05, 3.63) is 29.6 Å². The minimum Gasteiger partial charge on any atom is -0.352 e. The molecular weight excluding hydrogens is 261 g/mol. The molecule has 2 aliphatic rings. The van der Waals surface area contributed by atoms with Gasteiger partial charge in [0.1, 0.15) is 5.82 Å². The van der Waals surface area contributed by atoms with Crippen LogP contribution < -0.4 is 5.32 Å². The summed E-state index contributed by atoms with van der Waals surface area (Å²) < 4.78 is 13.6. The van der Waals surface area contributed by atoms with Crippen LogP contribution in [-0.2, 0) is 0 Å². The molecular formula is C15H18FNOS. The van der Waals surface area contributed by atoms with Crippen LogP contribution in [0.5, 0.6) is 0 Å². The summed E-state index contributed by atoms with van der Waals surface area (Å²) >= 11 is 4.14. The first-order valence-corrected chi connectivity index (χ1v) is 7.35. The van der Waals surface area contributed by atoms with Crippen molar-refractivity contribution < 1.29 is 9.18 Å². The lowest BCUT2D eigenvalue weighted by molar-refractivity contribution is 0.0937. The molecule has 0 aliphatic heterocycles. The summed E-state index contributed by atoms with van der Waals surface area (Å²) in [6.45, 7) is 0.677. The molecule has 2 bridgehead atoms. The van der Waals surface area contributed by atoms with Gasteiger partial charge in [-0.2, -0.15) is 0 Å².